The van der Waals surface area contributed by atoms with Gasteiger partial charge in [0.1, 0.15) is 5.82 Å². The molecule has 1 heterocycles. The molecule has 7 nitrogen and oxygen atoms in total. The summed E-state index contributed by atoms with van der Waals surface area (Å²) in [5.74, 6) is -1.38. The Morgan fingerprint density at radius 3 is 2.50 bits per heavy atom. The van der Waals surface area contributed by atoms with E-state index in [1.165, 1.54) is 15.3 Å². The minimum Gasteiger partial charge on any atom is -0.381 e. The Balaban J connectivity index is 2.40. The van der Waals surface area contributed by atoms with Crippen LogP contribution in [-0.2, 0) is 14.8 Å². The van der Waals surface area contributed by atoms with Gasteiger partial charge in [-0.2, -0.15) is 9.57 Å². The Morgan fingerprint density at radius 1 is 1.29 bits per heavy atom. The van der Waals surface area contributed by atoms with Crippen LogP contribution in [0, 0.1) is 17.1 Å². The van der Waals surface area contributed by atoms with E-state index >= 15 is 0 Å². The van der Waals surface area contributed by atoms with Crippen molar-refractivity contribution in [3.8, 4) is 6.07 Å². The summed E-state index contributed by atoms with van der Waals surface area (Å²) in [5, 5.41) is 8.92. The van der Waals surface area contributed by atoms with E-state index < -0.39 is 21.7 Å². The van der Waals surface area contributed by atoms with Crippen LogP contribution >= 0.6 is 0 Å². The van der Waals surface area contributed by atoms with Crippen molar-refractivity contribution in [2.24, 2.45) is 0 Å². The zero-order chi connectivity index (χ0) is 20.7. The fourth-order valence-corrected chi connectivity index (χ4v) is 4.80. The van der Waals surface area contributed by atoms with Crippen molar-refractivity contribution in [3.05, 3.63) is 29.6 Å². The molecule has 1 amide bonds. The third-order valence-electron chi connectivity index (χ3n) is 4.87. The van der Waals surface area contributed by atoms with Crippen LogP contribution in [0.25, 0.3) is 0 Å². The van der Waals surface area contributed by atoms with Gasteiger partial charge < -0.3 is 9.64 Å². The first-order chi connectivity index (χ1) is 13.4. The topological polar surface area (TPSA) is 90.7 Å². The molecular formula is C19H26FN3O4S. The number of nitriles is 1. The quantitative estimate of drug-likeness (QED) is 0.655. The molecule has 1 aliphatic heterocycles. The number of carbonyl (C=O) groups excluding carboxylic acids is 1. The fraction of sp³-hybridized carbons (Fsp3) is 0.579. The van der Waals surface area contributed by atoms with Crippen molar-refractivity contribution < 1.29 is 22.3 Å². The summed E-state index contributed by atoms with van der Waals surface area (Å²) in [5.41, 5.74) is -0.294. The molecule has 0 bridgehead atoms. The molecule has 0 radical (unpaired) electrons. The molecule has 9 heteroatoms. The maximum Gasteiger partial charge on any atom is 0.257 e. The smallest absolute Gasteiger partial charge is 0.257 e. The Hall–Kier alpha value is -2.02. The third-order valence-corrected chi connectivity index (χ3v) is 6.91. The van der Waals surface area contributed by atoms with Crippen LogP contribution in [-0.4, -0.2) is 62.4 Å². The van der Waals surface area contributed by atoms with Gasteiger partial charge in [0.2, 0.25) is 10.0 Å². The molecular weight excluding hydrogens is 385 g/mol. The van der Waals surface area contributed by atoms with Gasteiger partial charge in [-0.25, -0.2) is 12.8 Å². The van der Waals surface area contributed by atoms with E-state index in [4.69, 9.17) is 10.00 Å². The van der Waals surface area contributed by atoms with Gasteiger partial charge >= 0.3 is 0 Å². The number of benzene rings is 1. The fourth-order valence-electron chi connectivity index (χ4n) is 3.31. The lowest BCUT2D eigenvalue weighted by Crippen LogP contribution is -2.44. The van der Waals surface area contributed by atoms with E-state index in [1.807, 2.05) is 6.07 Å². The number of ether oxygens (including phenoxy) is 1. The number of amides is 1. The van der Waals surface area contributed by atoms with Crippen LogP contribution in [0.2, 0.25) is 0 Å². The van der Waals surface area contributed by atoms with E-state index in [0.717, 1.165) is 12.1 Å². The van der Waals surface area contributed by atoms with Gasteiger partial charge in [0, 0.05) is 38.9 Å². The number of carbonyl (C=O) groups is 1. The van der Waals surface area contributed by atoms with Gasteiger partial charge in [0.25, 0.3) is 5.91 Å². The molecule has 0 aromatic heterocycles. The average molecular weight is 411 g/mol. The van der Waals surface area contributed by atoms with Gasteiger partial charge in [-0.3, -0.25) is 4.79 Å². The molecule has 1 aromatic rings. The van der Waals surface area contributed by atoms with Crippen molar-refractivity contribution in [3.63, 3.8) is 0 Å². The monoisotopic (exact) mass is 411 g/mol. The molecule has 2 rings (SSSR count). The van der Waals surface area contributed by atoms with Crippen molar-refractivity contribution >= 4 is 15.9 Å². The van der Waals surface area contributed by atoms with E-state index in [2.05, 4.69) is 0 Å². The zero-order valence-corrected chi connectivity index (χ0v) is 17.0. The Labute approximate surface area is 165 Å². The highest BCUT2D eigenvalue weighted by Gasteiger charge is 2.30. The molecule has 0 saturated carbocycles. The number of halogens is 1. The SMILES string of the molecule is CCN(CC)S(=O)(=O)c1ccc(F)c(C(=O)N(CCC#N)C2CCOCC2)c1. The molecule has 0 aliphatic carbocycles. The van der Waals surface area contributed by atoms with E-state index in [0.29, 0.717) is 26.1 Å². The second-order valence-corrected chi connectivity index (χ2v) is 8.42. The van der Waals surface area contributed by atoms with Crippen LogP contribution in [0.5, 0.6) is 0 Å². The highest BCUT2D eigenvalue weighted by atomic mass is 32.2. The predicted molar refractivity (Wildman–Crippen MR) is 102 cm³/mol. The number of rotatable bonds is 8. The highest BCUT2D eigenvalue weighted by molar-refractivity contribution is 7.89. The number of sulfonamides is 1. The van der Waals surface area contributed by atoms with Crippen LogP contribution in [0.15, 0.2) is 23.1 Å². The standard InChI is InChI=1S/C19H26FN3O4S/c1-3-22(4-2)28(25,26)16-6-7-18(20)17(14-16)19(24)23(11-5-10-21)15-8-12-27-13-9-15/h6-7,14-15H,3-5,8-9,11-13H2,1-2H3. The lowest BCUT2D eigenvalue weighted by atomic mass is 10.0. The molecule has 0 N–H and O–H groups in total. The molecule has 154 valence electrons. The van der Waals surface area contributed by atoms with Crippen LogP contribution < -0.4 is 0 Å². The summed E-state index contributed by atoms with van der Waals surface area (Å²) in [6.45, 7) is 5.11. The summed E-state index contributed by atoms with van der Waals surface area (Å²) in [7, 11) is -3.82. The molecule has 1 fully saturated rings. The van der Waals surface area contributed by atoms with Gasteiger partial charge in [-0.1, -0.05) is 13.8 Å². The normalized spacial score (nSPS) is 15.4. The van der Waals surface area contributed by atoms with Gasteiger partial charge in [-0.15, -0.1) is 0 Å². The van der Waals surface area contributed by atoms with E-state index in [9.17, 15) is 17.6 Å². The van der Waals surface area contributed by atoms with Crippen molar-refractivity contribution in [1.29, 1.82) is 5.26 Å². The maximum atomic E-state index is 14.5. The average Bonchev–Trinajstić information content (AvgIpc) is 2.69. The minimum atomic E-state index is -3.82. The molecule has 0 atom stereocenters. The Kier molecular flexibility index (Phi) is 7.92. The second-order valence-electron chi connectivity index (χ2n) is 6.48. The number of hydrogen-bond donors (Lipinski definition) is 0. The van der Waals surface area contributed by atoms with Gasteiger partial charge in [0.05, 0.1) is 22.9 Å². The number of hydrogen-bond acceptors (Lipinski definition) is 5. The van der Waals surface area contributed by atoms with Crippen LogP contribution in [0.3, 0.4) is 0 Å². The summed E-state index contributed by atoms with van der Waals surface area (Å²) in [4.78, 5) is 14.4. The molecule has 0 unspecified atom stereocenters. The lowest BCUT2D eigenvalue weighted by molar-refractivity contribution is 0.0293. The molecule has 0 spiro atoms. The zero-order valence-electron chi connectivity index (χ0n) is 16.2. The minimum absolute atomic E-state index is 0.113. The summed E-state index contributed by atoms with van der Waals surface area (Å²) in [6.07, 6.45) is 1.30. The molecule has 1 saturated heterocycles. The maximum absolute atomic E-state index is 14.5. The van der Waals surface area contributed by atoms with Crippen LogP contribution in [0.1, 0.15) is 43.5 Å². The van der Waals surface area contributed by atoms with E-state index in [-0.39, 0.29) is 42.6 Å². The van der Waals surface area contributed by atoms with Crippen molar-refractivity contribution in [2.75, 3.05) is 32.8 Å². The number of nitrogens with zero attached hydrogens (tertiary/aromatic N) is 3. The van der Waals surface area contributed by atoms with Gasteiger partial charge in [0.15, 0.2) is 0 Å². The molecule has 1 aliphatic rings. The van der Waals surface area contributed by atoms with Crippen molar-refractivity contribution in [1.82, 2.24) is 9.21 Å². The first kappa shape index (κ1) is 22.3. The lowest BCUT2D eigenvalue weighted by Gasteiger charge is -2.34. The van der Waals surface area contributed by atoms with Gasteiger partial charge in [-0.05, 0) is 31.0 Å². The van der Waals surface area contributed by atoms with E-state index in [1.54, 1.807) is 13.8 Å². The summed E-state index contributed by atoms with van der Waals surface area (Å²) >= 11 is 0. The first-order valence-electron chi connectivity index (χ1n) is 9.42. The summed E-state index contributed by atoms with van der Waals surface area (Å²) < 4.78 is 46.5. The third kappa shape index (κ3) is 4.87. The van der Waals surface area contributed by atoms with Crippen molar-refractivity contribution in [2.45, 2.75) is 44.0 Å². The Morgan fingerprint density at radius 2 is 1.93 bits per heavy atom. The highest BCUT2D eigenvalue weighted by Crippen LogP contribution is 2.23. The molecule has 1 aromatic carbocycles. The molecule has 28 heavy (non-hydrogen) atoms. The van der Waals surface area contributed by atoms with Crippen LogP contribution in [0.4, 0.5) is 4.39 Å². The predicted octanol–water partition coefficient (Wildman–Crippen LogP) is 2.39. The Bertz CT molecular complexity index is 828. The summed E-state index contributed by atoms with van der Waals surface area (Å²) in [6, 6.07) is 5.12. The second kappa shape index (κ2) is 9.96. The largest absolute Gasteiger partial charge is 0.381 e. The first-order valence-corrected chi connectivity index (χ1v) is 10.9.